The lowest BCUT2D eigenvalue weighted by Gasteiger charge is -2.32. The van der Waals surface area contributed by atoms with E-state index in [2.05, 4.69) is 10.1 Å². The Balaban J connectivity index is 1.90. The van der Waals surface area contributed by atoms with Crippen molar-refractivity contribution in [2.24, 2.45) is 0 Å². The molecule has 1 aliphatic heterocycles. The minimum absolute atomic E-state index is 0.111. The molecule has 0 radical (unpaired) electrons. The minimum atomic E-state index is -1.83. The van der Waals surface area contributed by atoms with Gasteiger partial charge in [0.05, 0.1) is 16.9 Å². The van der Waals surface area contributed by atoms with Crippen LogP contribution in [0.25, 0.3) is 11.5 Å². The number of H-pyrrole nitrogens is 1. The van der Waals surface area contributed by atoms with E-state index in [-0.39, 0.29) is 17.9 Å². The third-order valence-electron chi connectivity index (χ3n) is 5.25. The number of halogens is 2. The highest BCUT2D eigenvalue weighted by molar-refractivity contribution is 6.32. The number of aromatic amines is 1. The lowest BCUT2D eigenvalue weighted by atomic mass is 10.1. The van der Waals surface area contributed by atoms with Crippen molar-refractivity contribution in [3.05, 3.63) is 62.4 Å². The van der Waals surface area contributed by atoms with Gasteiger partial charge >= 0.3 is 11.8 Å². The topological polar surface area (TPSA) is 85.2 Å². The first-order valence-electron chi connectivity index (χ1n) is 10.3. The van der Waals surface area contributed by atoms with Crippen LogP contribution in [0.5, 0.6) is 0 Å². The van der Waals surface area contributed by atoms with Crippen LogP contribution in [0.15, 0.2) is 29.3 Å². The molecule has 170 valence electrons. The first-order valence-corrected chi connectivity index (χ1v) is 10.6. The van der Waals surface area contributed by atoms with Crippen LogP contribution in [0.1, 0.15) is 49.5 Å². The van der Waals surface area contributed by atoms with Gasteiger partial charge < -0.3 is 9.72 Å². The number of benzene rings is 1. The van der Waals surface area contributed by atoms with E-state index in [9.17, 15) is 9.59 Å². The van der Waals surface area contributed by atoms with Crippen LogP contribution in [0.4, 0.5) is 9.18 Å². The van der Waals surface area contributed by atoms with Gasteiger partial charge in [0.15, 0.2) is 5.82 Å². The van der Waals surface area contributed by atoms with Crippen LogP contribution in [0.3, 0.4) is 0 Å². The number of alkyl halides is 1. The zero-order chi connectivity index (χ0) is 23.4. The highest BCUT2D eigenvalue weighted by Gasteiger charge is 2.39. The molecule has 0 bridgehead atoms. The molecule has 0 unspecified atom stereocenters. The Morgan fingerprint density at radius 3 is 2.50 bits per heavy atom. The summed E-state index contributed by atoms with van der Waals surface area (Å²) < 4.78 is 24.0. The van der Waals surface area contributed by atoms with Gasteiger partial charge in [-0.15, -0.1) is 0 Å². The van der Waals surface area contributed by atoms with Gasteiger partial charge in [-0.05, 0) is 57.9 Å². The fourth-order valence-electron chi connectivity index (χ4n) is 3.84. The lowest BCUT2D eigenvalue weighted by molar-refractivity contribution is -0.00663. The molecule has 3 heterocycles. The SMILES string of the molecule is Cc1cc(-n2nc3c(c2-n2cc[nH]c2=O)[C@H](F)N(C(=O)OC(C)(C)C)CC3)cc(C)c1Cl. The lowest BCUT2D eigenvalue weighted by Crippen LogP contribution is -2.41. The second kappa shape index (κ2) is 7.81. The number of hydrogen-bond donors (Lipinski definition) is 1. The highest BCUT2D eigenvalue weighted by Crippen LogP contribution is 2.37. The molecule has 1 atom stereocenters. The number of carbonyl (C=O) groups is 1. The monoisotopic (exact) mass is 461 g/mol. The van der Waals surface area contributed by atoms with Crippen LogP contribution in [0.2, 0.25) is 5.02 Å². The van der Waals surface area contributed by atoms with E-state index in [4.69, 9.17) is 16.3 Å². The van der Waals surface area contributed by atoms with Crippen molar-refractivity contribution in [3.63, 3.8) is 0 Å². The minimum Gasteiger partial charge on any atom is -0.444 e. The predicted molar refractivity (Wildman–Crippen MR) is 118 cm³/mol. The molecule has 0 fully saturated rings. The number of aromatic nitrogens is 4. The molecule has 2 aromatic heterocycles. The van der Waals surface area contributed by atoms with Gasteiger partial charge in [0.1, 0.15) is 5.60 Å². The molecule has 0 saturated carbocycles. The number of nitrogens with one attached hydrogen (secondary N) is 1. The molecule has 0 spiro atoms. The molecule has 8 nitrogen and oxygen atoms in total. The van der Waals surface area contributed by atoms with Crippen LogP contribution < -0.4 is 5.69 Å². The van der Waals surface area contributed by atoms with E-state index in [1.54, 1.807) is 20.8 Å². The molecule has 0 aliphatic carbocycles. The zero-order valence-electron chi connectivity index (χ0n) is 18.6. The Kier molecular flexibility index (Phi) is 5.40. The van der Waals surface area contributed by atoms with E-state index >= 15 is 4.39 Å². The van der Waals surface area contributed by atoms with Crippen molar-refractivity contribution in [2.75, 3.05) is 6.54 Å². The third-order valence-corrected chi connectivity index (χ3v) is 5.84. The Morgan fingerprint density at radius 2 is 1.94 bits per heavy atom. The van der Waals surface area contributed by atoms with Crippen LogP contribution >= 0.6 is 11.6 Å². The third kappa shape index (κ3) is 3.81. The number of rotatable bonds is 2. The van der Waals surface area contributed by atoms with Crippen molar-refractivity contribution < 1.29 is 13.9 Å². The first-order chi connectivity index (χ1) is 15.0. The molecular formula is C22H25ClFN5O3. The molecule has 1 N–H and O–H groups in total. The second-order valence-electron chi connectivity index (χ2n) is 8.88. The van der Waals surface area contributed by atoms with Crippen molar-refractivity contribution in [3.8, 4) is 11.5 Å². The zero-order valence-corrected chi connectivity index (χ0v) is 19.3. The smallest absolute Gasteiger partial charge is 0.412 e. The summed E-state index contributed by atoms with van der Waals surface area (Å²) in [6.07, 6.45) is 0.708. The molecule has 10 heteroatoms. The average Bonchev–Trinajstić information content (AvgIpc) is 3.27. The maximum Gasteiger partial charge on any atom is 0.412 e. The fourth-order valence-corrected chi connectivity index (χ4v) is 3.95. The Labute approximate surface area is 189 Å². The first kappa shape index (κ1) is 22.1. The van der Waals surface area contributed by atoms with Crippen LogP contribution in [0, 0.1) is 13.8 Å². The van der Waals surface area contributed by atoms with Crippen LogP contribution in [-0.4, -0.2) is 42.5 Å². The van der Waals surface area contributed by atoms with Gasteiger partial charge in [0, 0.05) is 30.4 Å². The van der Waals surface area contributed by atoms with E-state index in [0.717, 1.165) is 16.0 Å². The number of amides is 1. The summed E-state index contributed by atoms with van der Waals surface area (Å²) in [5.74, 6) is 0.230. The van der Waals surface area contributed by atoms with Crippen molar-refractivity contribution in [1.29, 1.82) is 0 Å². The number of ether oxygens (including phenoxy) is 1. The molecule has 3 aromatic rings. The molecule has 1 aromatic carbocycles. The number of imidazole rings is 1. The normalized spacial score (nSPS) is 16.2. The van der Waals surface area contributed by atoms with E-state index in [1.807, 2.05) is 26.0 Å². The number of fused-ring (bicyclic) bond motifs is 1. The van der Waals surface area contributed by atoms with Gasteiger partial charge in [-0.1, -0.05) is 11.6 Å². The summed E-state index contributed by atoms with van der Waals surface area (Å²) in [6.45, 7) is 9.02. The molecule has 32 heavy (non-hydrogen) atoms. The van der Waals surface area contributed by atoms with Gasteiger partial charge in [0.2, 0.25) is 6.30 Å². The molecular weight excluding hydrogens is 437 g/mol. The highest BCUT2D eigenvalue weighted by atomic mass is 35.5. The average molecular weight is 462 g/mol. The Bertz CT molecular complexity index is 1230. The number of carbonyl (C=O) groups excluding carboxylic acids is 1. The summed E-state index contributed by atoms with van der Waals surface area (Å²) in [7, 11) is 0. The number of hydrogen-bond acceptors (Lipinski definition) is 4. The summed E-state index contributed by atoms with van der Waals surface area (Å²) in [5, 5.41) is 5.26. The maximum absolute atomic E-state index is 15.8. The van der Waals surface area contributed by atoms with Crippen LogP contribution in [-0.2, 0) is 11.2 Å². The molecule has 1 aliphatic rings. The Morgan fingerprint density at radius 1 is 1.28 bits per heavy atom. The molecule has 1 amide bonds. The van der Waals surface area contributed by atoms with E-state index in [0.29, 0.717) is 22.8 Å². The molecule has 4 rings (SSSR count). The Hall–Kier alpha value is -3.07. The second-order valence-corrected chi connectivity index (χ2v) is 9.26. The van der Waals surface area contributed by atoms with Crippen molar-refractivity contribution in [1.82, 2.24) is 24.2 Å². The van der Waals surface area contributed by atoms with Gasteiger partial charge in [-0.3, -0.25) is 9.47 Å². The summed E-state index contributed by atoms with van der Waals surface area (Å²) >= 11 is 6.32. The van der Waals surface area contributed by atoms with Crippen molar-refractivity contribution in [2.45, 2.75) is 52.9 Å². The summed E-state index contributed by atoms with van der Waals surface area (Å²) in [6, 6.07) is 3.65. The maximum atomic E-state index is 15.8. The fraction of sp³-hybridized carbons (Fsp3) is 0.409. The van der Waals surface area contributed by atoms with E-state index < -0.39 is 23.7 Å². The quantitative estimate of drug-likeness (QED) is 0.574. The van der Waals surface area contributed by atoms with Crippen molar-refractivity contribution >= 4 is 17.7 Å². The number of nitrogens with zero attached hydrogens (tertiary/aromatic N) is 4. The van der Waals surface area contributed by atoms with E-state index in [1.165, 1.54) is 21.6 Å². The largest absolute Gasteiger partial charge is 0.444 e. The molecule has 0 saturated heterocycles. The van der Waals surface area contributed by atoms with Gasteiger partial charge in [-0.25, -0.2) is 18.7 Å². The van der Waals surface area contributed by atoms with Gasteiger partial charge in [0.25, 0.3) is 0 Å². The standard InChI is InChI=1S/C22H25ClFN5O3/c1-12-10-14(11-13(2)17(12)23)29-19(28-9-7-25-20(28)30)16-15(26-29)6-8-27(18(16)24)21(31)32-22(3,4)5/h7,9-11,18H,6,8H2,1-5H3,(H,25,30)/t18-/m1/s1. The number of aryl methyl sites for hydroxylation is 2. The predicted octanol–water partition coefficient (Wildman–Crippen LogP) is 4.38. The summed E-state index contributed by atoms with van der Waals surface area (Å²) in [4.78, 5) is 28.8. The summed E-state index contributed by atoms with van der Waals surface area (Å²) in [5.41, 5.74) is 1.72. The van der Waals surface area contributed by atoms with Gasteiger partial charge in [-0.2, -0.15) is 5.10 Å².